The number of aliphatic carboxylic acids is 4. The molecule has 0 aliphatic carbocycles. The van der Waals surface area contributed by atoms with Crippen LogP contribution in [-0.4, -0.2) is 112 Å². The smallest absolute Gasteiger partial charge is 0.414 e. The van der Waals surface area contributed by atoms with Gasteiger partial charge in [0.15, 0.2) is 0 Å². The van der Waals surface area contributed by atoms with Crippen LogP contribution < -0.4 is 5.32 Å². The van der Waals surface area contributed by atoms with Crippen LogP contribution >= 0.6 is 22.9 Å². The number of carbonyl (C=O) groups excluding carboxylic acids is 2. The number of ether oxygens (including phenoxy) is 1. The second-order valence-corrected chi connectivity index (χ2v) is 10.3. The van der Waals surface area contributed by atoms with Gasteiger partial charge < -0.3 is 40.3 Å². The SMILES string of the molecule is CCOC(=O)c1c(NC(=O)CCN2CCN(C)CC2)sc(C)c1-c1ccc(Cl)cc1.O=C(O)C(=O)O.O=C(O)C(=O)O. The second kappa shape index (κ2) is 17.7. The largest absolute Gasteiger partial charge is 0.473 e. The number of rotatable bonds is 7. The summed E-state index contributed by atoms with van der Waals surface area (Å²) in [6.07, 6.45) is 0.388. The number of aryl methyl sites for hydroxylation is 1. The number of anilines is 1. The van der Waals surface area contributed by atoms with Gasteiger partial charge in [0, 0.05) is 54.6 Å². The molecule has 1 aliphatic rings. The first-order valence-electron chi connectivity index (χ1n) is 12.4. The highest BCUT2D eigenvalue weighted by atomic mass is 35.5. The maximum absolute atomic E-state index is 12.8. The summed E-state index contributed by atoms with van der Waals surface area (Å²) in [5, 5.41) is 33.7. The van der Waals surface area contributed by atoms with E-state index in [9.17, 15) is 9.59 Å². The Labute approximate surface area is 250 Å². The summed E-state index contributed by atoms with van der Waals surface area (Å²) in [6.45, 7) is 8.66. The van der Waals surface area contributed by atoms with E-state index in [0.717, 1.165) is 42.2 Å². The van der Waals surface area contributed by atoms with E-state index < -0.39 is 29.8 Å². The van der Waals surface area contributed by atoms with Crippen molar-refractivity contribution in [3.8, 4) is 11.1 Å². The van der Waals surface area contributed by atoms with Gasteiger partial charge in [-0.1, -0.05) is 23.7 Å². The van der Waals surface area contributed by atoms with Gasteiger partial charge in [0.25, 0.3) is 0 Å². The predicted molar refractivity (Wildman–Crippen MR) is 153 cm³/mol. The fraction of sp³-hybridized carbons (Fsp3) is 0.385. The van der Waals surface area contributed by atoms with E-state index in [1.54, 1.807) is 19.1 Å². The molecule has 14 nitrogen and oxygen atoms in total. The van der Waals surface area contributed by atoms with Crippen LogP contribution in [0.15, 0.2) is 24.3 Å². The molecule has 1 saturated heterocycles. The molecular weight excluding hydrogens is 598 g/mol. The third kappa shape index (κ3) is 12.2. The summed E-state index contributed by atoms with van der Waals surface area (Å²) in [7, 11) is 2.11. The monoisotopic (exact) mass is 629 g/mol. The molecule has 230 valence electrons. The van der Waals surface area contributed by atoms with E-state index >= 15 is 0 Å². The van der Waals surface area contributed by atoms with Crippen molar-refractivity contribution < 1.29 is 53.9 Å². The number of piperazine rings is 1. The molecule has 42 heavy (non-hydrogen) atoms. The zero-order valence-electron chi connectivity index (χ0n) is 23.1. The third-order valence-electron chi connectivity index (χ3n) is 5.57. The Hall–Kier alpha value is -4.05. The number of amides is 1. The lowest BCUT2D eigenvalue weighted by Gasteiger charge is -2.32. The topological polar surface area (TPSA) is 211 Å². The molecule has 5 N–H and O–H groups in total. The maximum atomic E-state index is 12.8. The van der Waals surface area contributed by atoms with Crippen molar-refractivity contribution in [3.05, 3.63) is 39.7 Å². The van der Waals surface area contributed by atoms with E-state index in [0.29, 0.717) is 28.6 Å². The normalized spacial score (nSPS) is 13.0. The van der Waals surface area contributed by atoms with Crippen molar-refractivity contribution in [3.63, 3.8) is 0 Å². The number of nitrogens with zero attached hydrogens (tertiary/aromatic N) is 2. The van der Waals surface area contributed by atoms with Crippen LogP contribution in [0.2, 0.25) is 5.02 Å². The molecule has 1 aromatic heterocycles. The average molecular weight is 630 g/mol. The number of carboxylic acids is 4. The number of carboxylic acid groups (broad SMARTS) is 4. The van der Waals surface area contributed by atoms with E-state index in [1.165, 1.54) is 11.3 Å². The maximum Gasteiger partial charge on any atom is 0.414 e. The van der Waals surface area contributed by atoms with Gasteiger partial charge in [-0.2, -0.15) is 0 Å². The van der Waals surface area contributed by atoms with E-state index in [4.69, 9.17) is 55.9 Å². The van der Waals surface area contributed by atoms with Crippen molar-refractivity contribution in [2.75, 3.05) is 51.7 Å². The number of nitrogens with one attached hydrogen (secondary N) is 1. The first-order valence-corrected chi connectivity index (χ1v) is 13.6. The van der Waals surface area contributed by atoms with Crippen molar-refractivity contribution in [2.45, 2.75) is 20.3 Å². The fourth-order valence-corrected chi connectivity index (χ4v) is 4.72. The molecule has 16 heteroatoms. The summed E-state index contributed by atoms with van der Waals surface area (Å²) in [5.41, 5.74) is 2.06. The number of esters is 1. The molecule has 3 rings (SSSR count). The lowest BCUT2D eigenvalue weighted by atomic mass is 10.0. The highest BCUT2D eigenvalue weighted by Gasteiger charge is 2.26. The van der Waals surface area contributed by atoms with Crippen LogP contribution in [0.4, 0.5) is 5.00 Å². The predicted octanol–water partition coefficient (Wildman–Crippen LogP) is 2.44. The molecule has 1 amide bonds. The summed E-state index contributed by atoms with van der Waals surface area (Å²) in [6, 6.07) is 7.33. The Bertz CT molecular complexity index is 1230. The third-order valence-corrected chi connectivity index (χ3v) is 6.84. The minimum atomic E-state index is -1.82. The molecule has 0 saturated carbocycles. The number of hydrogen-bond donors (Lipinski definition) is 5. The summed E-state index contributed by atoms with van der Waals surface area (Å²) in [4.78, 5) is 67.3. The highest BCUT2D eigenvalue weighted by molar-refractivity contribution is 7.17. The van der Waals surface area contributed by atoms with Gasteiger partial charge in [0.1, 0.15) is 10.6 Å². The summed E-state index contributed by atoms with van der Waals surface area (Å²) in [5.74, 6) is -7.82. The summed E-state index contributed by atoms with van der Waals surface area (Å²) < 4.78 is 5.29. The Morgan fingerprint density at radius 1 is 0.905 bits per heavy atom. The lowest BCUT2D eigenvalue weighted by Crippen LogP contribution is -2.45. The van der Waals surface area contributed by atoms with Crippen molar-refractivity contribution in [2.24, 2.45) is 0 Å². The number of likely N-dealkylation sites (N-methyl/N-ethyl adjacent to an activating group) is 1. The Morgan fingerprint density at radius 2 is 1.40 bits per heavy atom. The van der Waals surface area contributed by atoms with E-state index in [-0.39, 0.29) is 12.5 Å². The molecule has 0 unspecified atom stereocenters. The standard InChI is InChI=1S/C22H28ClN3O3S.2C2H2O4/c1-4-29-22(28)20-19(16-5-7-17(23)8-6-16)15(2)30-21(20)24-18(27)9-10-26-13-11-25(3)12-14-26;2*3-1(4)2(5)6/h5-8H,4,9-14H2,1-3H3,(H,24,27);2*(H,3,4)(H,5,6). The molecule has 2 aromatic rings. The first kappa shape index (κ1) is 36.0. The molecule has 0 bridgehead atoms. The van der Waals surface area contributed by atoms with Crippen LogP contribution in [0.3, 0.4) is 0 Å². The van der Waals surface area contributed by atoms with Gasteiger partial charge >= 0.3 is 29.8 Å². The number of hydrogen-bond acceptors (Lipinski definition) is 10. The fourth-order valence-electron chi connectivity index (χ4n) is 3.52. The Balaban J connectivity index is 0.000000618. The van der Waals surface area contributed by atoms with Gasteiger partial charge in [-0.3, -0.25) is 4.79 Å². The number of thiophene rings is 1. The number of halogens is 1. The quantitative estimate of drug-likeness (QED) is 0.220. The van der Waals surface area contributed by atoms with Crippen LogP contribution in [0.1, 0.15) is 28.6 Å². The van der Waals surface area contributed by atoms with Gasteiger partial charge in [-0.05, 0) is 38.6 Å². The molecular formula is C26H32ClN3O11S. The number of carbonyl (C=O) groups is 6. The molecule has 0 atom stereocenters. The van der Waals surface area contributed by atoms with Crippen LogP contribution in [0, 0.1) is 6.92 Å². The first-order chi connectivity index (χ1) is 19.7. The van der Waals surface area contributed by atoms with Crippen LogP contribution in [0.5, 0.6) is 0 Å². The Morgan fingerprint density at radius 3 is 1.86 bits per heavy atom. The van der Waals surface area contributed by atoms with Crippen molar-refractivity contribution >= 4 is 63.7 Å². The minimum Gasteiger partial charge on any atom is -0.473 e. The Kier molecular flexibility index (Phi) is 15.2. The molecule has 1 fully saturated rings. The molecule has 0 spiro atoms. The van der Waals surface area contributed by atoms with E-state index in [2.05, 4.69) is 22.2 Å². The minimum absolute atomic E-state index is 0.0941. The van der Waals surface area contributed by atoms with Crippen molar-refractivity contribution in [1.82, 2.24) is 9.80 Å². The highest BCUT2D eigenvalue weighted by Crippen LogP contribution is 2.40. The molecule has 1 aromatic carbocycles. The zero-order chi connectivity index (χ0) is 32.0. The molecule has 2 heterocycles. The van der Waals surface area contributed by atoms with Gasteiger partial charge in [0.05, 0.1) is 6.61 Å². The average Bonchev–Trinajstić information content (AvgIpc) is 3.24. The molecule has 1 aliphatic heterocycles. The lowest BCUT2D eigenvalue weighted by molar-refractivity contribution is -0.159. The van der Waals surface area contributed by atoms with Crippen LogP contribution in [-0.2, 0) is 28.7 Å². The van der Waals surface area contributed by atoms with Crippen LogP contribution in [0.25, 0.3) is 11.1 Å². The molecule has 0 radical (unpaired) electrons. The van der Waals surface area contributed by atoms with Gasteiger partial charge in [0.2, 0.25) is 5.91 Å². The van der Waals surface area contributed by atoms with Crippen molar-refractivity contribution in [1.29, 1.82) is 0 Å². The number of benzene rings is 1. The summed E-state index contributed by atoms with van der Waals surface area (Å²) >= 11 is 7.42. The van der Waals surface area contributed by atoms with E-state index in [1.807, 2.05) is 19.1 Å². The van der Waals surface area contributed by atoms with Gasteiger partial charge in [-0.15, -0.1) is 11.3 Å². The zero-order valence-corrected chi connectivity index (χ0v) is 24.7. The second-order valence-electron chi connectivity index (χ2n) is 8.63. The van der Waals surface area contributed by atoms with Gasteiger partial charge in [-0.25, -0.2) is 24.0 Å².